The van der Waals surface area contributed by atoms with Crippen LogP contribution in [0.5, 0.6) is 0 Å². The largest absolute Gasteiger partial charge is 0.272 e. The zero-order chi connectivity index (χ0) is 7.49. The van der Waals surface area contributed by atoms with E-state index in [1.165, 1.54) is 6.08 Å². The van der Waals surface area contributed by atoms with Gasteiger partial charge in [-0.2, -0.15) is 0 Å². The van der Waals surface area contributed by atoms with Crippen molar-refractivity contribution in [2.45, 2.75) is 18.2 Å². The number of aliphatic imine (C=N–C) groups is 1. The van der Waals surface area contributed by atoms with Crippen LogP contribution in [-0.2, 0) is 9.59 Å². The van der Waals surface area contributed by atoms with Crippen molar-refractivity contribution in [3.8, 4) is 0 Å². The molecule has 0 aliphatic carbocycles. The molecule has 0 saturated carbocycles. The summed E-state index contributed by atoms with van der Waals surface area (Å²) in [5, 5.41) is 0. The van der Waals surface area contributed by atoms with E-state index >= 15 is 0 Å². The fourth-order valence-electron chi connectivity index (χ4n) is 0.174. The highest BCUT2D eigenvalue weighted by Crippen LogP contribution is 2.16. The summed E-state index contributed by atoms with van der Waals surface area (Å²) in [5.41, 5.74) is 0. The monoisotopic (exact) mass is 191 g/mol. The summed E-state index contributed by atoms with van der Waals surface area (Å²) in [4.78, 5) is 23.0. The van der Waals surface area contributed by atoms with Gasteiger partial charge in [0, 0.05) is 0 Å². The molecule has 0 aromatic carbocycles. The molecule has 50 valence electrons. The van der Waals surface area contributed by atoms with E-state index < -0.39 is 10.2 Å². The molecule has 0 aliphatic rings. The molecule has 1 amide bonds. The molecular weight excluding hydrogens is 186 g/mol. The van der Waals surface area contributed by atoms with Crippen molar-refractivity contribution in [1.82, 2.24) is 0 Å². The molecule has 4 heteroatoms. The van der Waals surface area contributed by atoms with Crippen LogP contribution in [0.1, 0.15) is 13.8 Å². The molecule has 0 spiro atoms. The van der Waals surface area contributed by atoms with Crippen LogP contribution in [0.2, 0.25) is 0 Å². The SMILES string of the molecule is CC(C)(Br)C(=O)N=C=O. The summed E-state index contributed by atoms with van der Waals surface area (Å²) in [6.45, 7) is 3.21. The lowest BCUT2D eigenvalue weighted by Gasteiger charge is -2.07. The molecule has 0 heterocycles. The summed E-state index contributed by atoms with van der Waals surface area (Å²) in [6, 6.07) is 0. The third-order valence-corrected chi connectivity index (χ3v) is 0.995. The minimum Gasteiger partial charge on any atom is -0.270 e. The lowest BCUT2D eigenvalue weighted by molar-refractivity contribution is -0.119. The number of carbonyl (C=O) groups is 1. The van der Waals surface area contributed by atoms with Gasteiger partial charge in [0.15, 0.2) is 0 Å². The summed E-state index contributed by atoms with van der Waals surface area (Å²) in [7, 11) is 0. The van der Waals surface area contributed by atoms with Crippen molar-refractivity contribution in [2.75, 3.05) is 0 Å². The van der Waals surface area contributed by atoms with E-state index in [1.54, 1.807) is 13.8 Å². The van der Waals surface area contributed by atoms with Crippen molar-refractivity contribution in [1.29, 1.82) is 0 Å². The number of carbonyl (C=O) groups excluding carboxylic acids is 2. The molecule has 0 aliphatic heterocycles. The molecule has 3 nitrogen and oxygen atoms in total. The molecule has 0 aromatic heterocycles. The van der Waals surface area contributed by atoms with Gasteiger partial charge in [-0.1, -0.05) is 15.9 Å². The summed E-state index contributed by atoms with van der Waals surface area (Å²) in [6.07, 6.45) is 1.17. The van der Waals surface area contributed by atoms with E-state index in [0.717, 1.165) is 0 Å². The highest BCUT2D eigenvalue weighted by atomic mass is 79.9. The smallest absolute Gasteiger partial charge is 0.270 e. The Labute approximate surface area is 61.3 Å². The summed E-state index contributed by atoms with van der Waals surface area (Å²) < 4.78 is -0.746. The third kappa shape index (κ3) is 3.16. The first-order chi connectivity index (χ1) is 3.98. The molecule has 0 rings (SSSR count). The Bertz CT molecular complexity index is 164. The molecule has 0 atom stereocenters. The number of hydrogen-bond donors (Lipinski definition) is 0. The molecule has 9 heavy (non-hydrogen) atoms. The van der Waals surface area contributed by atoms with Gasteiger partial charge in [-0.15, -0.1) is 4.99 Å². The van der Waals surface area contributed by atoms with Crippen LogP contribution in [0.15, 0.2) is 4.99 Å². The fraction of sp³-hybridized carbons (Fsp3) is 0.600. The molecule has 0 saturated heterocycles. The number of amides is 1. The average molecular weight is 192 g/mol. The zero-order valence-corrected chi connectivity index (χ0v) is 6.73. The van der Waals surface area contributed by atoms with E-state index in [-0.39, 0.29) is 0 Å². The molecule has 0 fully saturated rings. The Morgan fingerprint density at radius 1 is 1.67 bits per heavy atom. The van der Waals surface area contributed by atoms with E-state index in [0.29, 0.717) is 0 Å². The normalized spacial score (nSPS) is 10.1. The maximum atomic E-state index is 10.6. The first kappa shape index (κ1) is 8.53. The van der Waals surface area contributed by atoms with Gasteiger partial charge in [-0.25, -0.2) is 4.79 Å². The first-order valence-corrected chi connectivity index (χ1v) is 3.09. The number of hydrogen-bond acceptors (Lipinski definition) is 2. The summed E-state index contributed by atoms with van der Waals surface area (Å²) >= 11 is 3.02. The molecular formula is C5H6BrNO2. The van der Waals surface area contributed by atoms with Crippen molar-refractivity contribution >= 4 is 27.9 Å². The Hall–Kier alpha value is -0.470. The zero-order valence-electron chi connectivity index (χ0n) is 5.14. The topological polar surface area (TPSA) is 46.5 Å². The van der Waals surface area contributed by atoms with Crippen LogP contribution >= 0.6 is 15.9 Å². The number of isocyanates is 1. The standard InChI is InChI=1S/C5H6BrNO2/c1-5(2,6)4(9)7-3-8/h1-2H3. The first-order valence-electron chi connectivity index (χ1n) is 2.29. The molecule has 0 unspecified atom stereocenters. The predicted octanol–water partition coefficient (Wildman–Crippen LogP) is 1.02. The molecule has 0 radical (unpaired) electrons. The molecule has 0 bridgehead atoms. The van der Waals surface area contributed by atoms with Crippen molar-refractivity contribution in [3.05, 3.63) is 0 Å². The van der Waals surface area contributed by atoms with Gasteiger partial charge in [-0.05, 0) is 13.8 Å². The van der Waals surface area contributed by atoms with E-state index in [4.69, 9.17) is 0 Å². The van der Waals surface area contributed by atoms with Crippen LogP contribution < -0.4 is 0 Å². The maximum Gasteiger partial charge on any atom is 0.272 e. The van der Waals surface area contributed by atoms with Crippen LogP contribution in [0.3, 0.4) is 0 Å². The van der Waals surface area contributed by atoms with E-state index in [2.05, 4.69) is 20.9 Å². The lowest BCUT2D eigenvalue weighted by atomic mass is 10.2. The van der Waals surface area contributed by atoms with Crippen molar-refractivity contribution in [2.24, 2.45) is 4.99 Å². The van der Waals surface area contributed by atoms with E-state index in [1.807, 2.05) is 0 Å². The van der Waals surface area contributed by atoms with E-state index in [9.17, 15) is 9.59 Å². The fourth-order valence-corrected chi connectivity index (χ4v) is 0.263. The number of nitrogens with zero attached hydrogens (tertiary/aromatic N) is 1. The third-order valence-electron chi connectivity index (χ3n) is 0.656. The van der Waals surface area contributed by atoms with Crippen molar-refractivity contribution < 1.29 is 9.59 Å². The predicted molar refractivity (Wildman–Crippen MR) is 36.1 cm³/mol. The Morgan fingerprint density at radius 2 is 2.11 bits per heavy atom. The van der Waals surface area contributed by atoms with Gasteiger partial charge in [0.25, 0.3) is 5.91 Å². The summed E-state index contributed by atoms with van der Waals surface area (Å²) in [5.74, 6) is -0.516. The highest BCUT2D eigenvalue weighted by Gasteiger charge is 2.22. The Kier molecular flexibility index (Phi) is 2.74. The van der Waals surface area contributed by atoms with Crippen LogP contribution in [0.4, 0.5) is 0 Å². The second-order valence-electron chi connectivity index (χ2n) is 1.98. The van der Waals surface area contributed by atoms with Gasteiger partial charge < -0.3 is 0 Å². The van der Waals surface area contributed by atoms with Crippen LogP contribution in [-0.4, -0.2) is 16.3 Å². The number of halogens is 1. The second-order valence-corrected chi connectivity index (χ2v) is 3.96. The van der Waals surface area contributed by atoms with Gasteiger partial charge >= 0.3 is 0 Å². The minimum atomic E-state index is -0.746. The Morgan fingerprint density at radius 3 is 2.22 bits per heavy atom. The Balaban J connectivity index is 4.22. The number of rotatable bonds is 1. The minimum absolute atomic E-state index is 0.516. The van der Waals surface area contributed by atoms with Gasteiger partial charge in [0.2, 0.25) is 6.08 Å². The molecule has 0 aromatic rings. The van der Waals surface area contributed by atoms with Crippen molar-refractivity contribution in [3.63, 3.8) is 0 Å². The van der Waals surface area contributed by atoms with Gasteiger partial charge in [0.05, 0.1) is 0 Å². The average Bonchev–Trinajstić information content (AvgIpc) is 1.64. The molecule has 0 N–H and O–H groups in total. The van der Waals surface area contributed by atoms with Gasteiger partial charge in [-0.3, -0.25) is 4.79 Å². The quantitative estimate of drug-likeness (QED) is 0.353. The van der Waals surface area contributed by atoms with Crippen LogP contribution in [0, 0.1) is 0 Å². The van der Waals surface area contributed by atoms with Crippen LogP contribution in [0.25, 0.3) is 0 Å². The van der Waals surface area contributed by atoms with Gasteiger partial charge in [0.1, 0.15) is 4.32 Å². The lowest BCUT2D eigenvalue weighted by Crippen LogP contribution is -2.21. The second kappa shape index (κ2) is 2.90. The highest BCUT2D eigenvalue weighted by molar-refractivity contribution is 9.10. The maximum absolute atomic E-state index is 10.6. The number of alkyl halides is 1.